The normalized spacial score (nSPS) is 15.7. The summed E-state index contributed by atoms with van der Waals surface area (Å²) in [4.78, 5) is 74.0. The van der Waals surface area contributed by atoms with Crippen molar-refractivity contribution in [1.82, 2.24) is 24.6 Å². The Morgan fingerprint density at radius 1 is 0.896 bits per heavy atom. The van der Waals surface area contributed by atoms with Gasteiger partial charge in [-0.1, -0.05) is 120 Å². The number of aryl methyl sites for hydroxylation is 1. The summed E-state index contributed by atoms with van der Waals surface area (Å²) in [6.07, 6.45) is 3.85. The first-order chi connectivity index (χ1) is 36.5. The molecule has 0 radical (unpaired) electrons. The number of ether oxygens (including phenoxy) is 3. The average Bonchev–Trinajstić information content (AvgIpc) is 4.11. The van der Waals surface area contributed by atoms with Gasteiger partial charge < -0.3 is 47.8 Å². The van der Waals surface area contributed by atoms with Crippen LogP contribution in [0.15, 0.2) is 161 Å². The molecule has 7 aromatic rings. The molecule has 0 spiro atoms. The molecule has 21 heteroatoms. The van der Waals surface area contributed by atoms with Gasteiger partial charge in [-0.2, -0.15) is 9.38 Å². The fourth-order valence-corrected chi connectivity index (χ4v) is 11.9. The molecular formula is C56H58ClN9O8S3. The molecule has 400 valence electrons. The molecule has 9 rings (SSSR count). The number of esters is 2. The van der Waals surface area contributed by atoms with Crippen molar-refractivity contribution in [3.05, 3.63) is 178 Å². The lowest BCUT2D eigenvalue weighted by molar-refractivity contribution is -0.667. The molecule has 77 heavy (non-hydrogen) atoms. The largest absolute Gasteiger partial charge is 1.00 e. The van der Waals surface area contributed by atoms with E-state index in [0.717, 1.165) is 28.9 Å². The van der Waals surface area contributed by atoms with Gasteiger partial charge in [-0.05, 0) is 81.5 Å². The number of oxime groups is 1. The number of halogens is 1. The number of methoxy groups -OCH3 is 1. The molecule has 2 aliphatic rings. The summed E-state index contributed by atoms with van der Waals surface area (Å²) in [6, 6.07) is 37.8. The van der Waals surface area contributed by atoms with Gasteiger partial charge in [0.2, 0.25) is 5.60 Å². The maximum atomic E-state index is 14.8. The number of amides is 2. The summed E-state index contributed by atoms with van der Waals surface area (Å²) in [6.45, 7) is 10.8. The topological polar surface area (TPSA) is 205 Å². The van der Waals surface area contributed by atoms with Crippen LogP contribution in [-0.4, -0.2) is 90.0 Å². The minimum Gasteiger partial charge on any atom is -1.00 e. The van der Waals surface area contributed by atoms with Crippen LogP contribution in [0.4, 0.5) is 10.9 Å². The number of thiazole rings is 1. The summed E-state index contributed by atoms with van der Waals surface area (Å²) >= 11 is 4.00. The van der Waals surface area contributed by atoms with Crippen LogP contribution in [0.1, 0.15) is 69.5 Å². The van der Waals surface area contributed by atoms with Crippen molar-refractivity contribution in [1.29, 1.82) is 0 Å². The second kappa shape index (κ2) is 23.5. The van der Waals surface area contributed by atoms with Crippen LogP contribution in [0.25, 0.3) is 5.65 Å². The van der Waals surface area contributed by atoms with Gasteiger partial charge >= 0.3 is 11.9 Å². The first-order valence-electron chi connectivity index (χ1n) is 24.5. The Kier molecular flexibility index (Phi) is 17.0. The highest BCUT2D eigenvalue weighted by Gasteiger charge is 2.55. The summed E-state index contributed by atoms with van der Waals surface area (Å²) < 4.78 is 20.8. The molecule has 4 N–H and O–H groups in total. The minimum atomic E-state index is -1.66. The van der Waals surface area contributed by atoms with Crippen LogP contribution in [0.2, 0.25) is 0 Å². The Labute approximate surface area is 465 Å². The Bertz CT molecular complexity index is 3240. The average molecular weight is 1120 g/mol. The number of nitrogen functional groups attached to an aromatic ring is 1. The number of aromatic nitrogens is 4. The summed E-state index contributed by atoms with van der Waals surface area (Å²) in [5.41, 5.74) is 7.69. The molecule has 0 aliphatic carbocycles. The van der Waals surface area contributed by atoms with Crippen molar-refractivity contribution >= 4 is 80.9 Å². The van der Waals surface area contributed by atoms with E-state index >= 15 is 0 Å². The standard InChI is InChI=1S/C56H57N9O8S3.ClH/c1-8-63-28-29-64-43(63)30-42(57)59-53(64)76-33-36-32-74-49-45(48(67)65(49)46(36)50(68)71-31-35-24-26-40(70-7)27-25-35)60-47(66)44(62-73-55(5,6)51(69)72-54(2,3)4)41-34-75-52(58-41)61-56(37-18-12-9-13-19-37,38-20-14-10-15-21-38)39-22-16-11-17-23-39;/h9-30,34,45,49,57H,8,31-33H2,1-7H3,(H2,58,60,61,66);1H/b62-44-;. The highest BCUT2D eigenvalue weighted by atomic mass is 35.5. The van der Waals surface area contributed by atoms with E-state index in [0.29, 0.717) is 38.7 Å². The number of nitrogens with zero attached hydrogens (tertiary/aromatic N) is 6. The number of carbonyl (C=O) groups is 4. The summed E-state index contributed by atoms with van der Waals surface area (Å²) in [5.74, 6) is -1.20. The van der Waals surface area contributed by atoms with Gasteiger partial charge in [-0.25, -0.2) is 19.1 Å². The fourth-order valence-electron chi connectivity index (χ4n) is 8.72. The van der Waals surface area contributed by atoms with Crippen molar-refractivity contribution < 1.29 is 55.2 Å². The zero-order valence-electron chi connectivity index (χ0n) is 43.4. The van der Waals surface area contributed by atoms with Gasteiger partial charge in [0.05, 0.1) is 19.7 Å². The predicted octanol–water partition coefficient (Wildman–Crippen LogP) is 5.13. The van der Waals surface area contributed by atoms with Crippen LogP contribution in [0.5, 0.6) is 5.75 Å². The molecule has 2 unspecified atom stereocenters. The van der Waals surface area contributed by atoms with Crippen LogP contribution in [0, 0.1) is 0 Å². The predicted molar refractivity (Wildman–Crippen MR) is 294 cm³/mol. The SMILES string of the molecule is CC[n+]1ccn2c(SCC3=C(C(=O)OCc4ccc(OC)cc4)N4C(=O)C(NC(=O)/C(=N\OC(C)(C)C(=O)OC(C)(C)C)c5csc(NC(c6ccccc6)(c6ccccc6)c6ccccc6)n5)C4SC3)nc(N)cc21.[Cl-]. The number of imidazole rings is 1. The van der Waals surface area contributed by atoms with Crippen molar-refractivity contribution in [2.24, 2.45) is 5.16 Å². The number of thioether (sulfide) groups is 2. The third-order valence-electron chi connectivity index (χ3n) is 12.5. The van der Waals surface area contributed by atoms with E-state index in [2.05, 4.69) is 20.8 Å². The number of nitrogens with two attached hydrogens (primary N) is 1. The molecule has 1 fully saturated rings. The highest BCUT2D eigenvalue weighted by Crippen LogP contribution is 2.43. The number of hydrogen-bond acceptors (Lipinski definition) is 16. The number of rotatable bonds is 19. The highest BCUT2D eigenvalue weighted by molar-refractivity contribution is 8.01. The van der Waals surface area contributed by atoms with Crippen LogP contribution in [-0.2, 0) is 52.2 Å². The van der Waals surface area contributed by atoms with Crippen molar-refractivity contribution in [2.75, 3.05) is 29.7 Å². The van der Waals surface area contributed by atoms with Gasteiger partial charge in [0.25, 0.3) is 22.6 Å². The first kappa shape index (κ1) is 55.8. The summed E-state index contributed by atoms with van der Waals surface area (Å²) in [5, 5.41) is 12.9. The van der Waals surface area contributed by atoms with Crippen molar-refractivity contribution in [3.8, 4) is 5.75 Å². The second-order valence-corrected chi connectivity index (χ2v) is 22.3. The van der Waals surface area contributed by atoms with Crippen LogP contribution in [0.3, 0.4) is 0 Å². The van der Waals surface area contributed by atoms with Gasteiger partial charge in [0, 0.05) is 16.9 Å². The molecule has 2 atom stereocenters. The molecule has 2 amide bonds. The maximum Gasteiger partial charge on any atom is 0.355 e. The molecule has 5 heterocycles. The van der Waals surface area contributed by atoms with E-state index in [-0.39, 0.29) is 41.9 Å². The van der Waals surface area contributed by atoms with Gasteiger partial charge in [0.15, 0.2) is 10.8 Å². The van der Waals surface area contributed by atoms with Gasteiger partial charge in [-0.15, -0.1) is 23.1 Å². The van der Waals surface area contributed by atoms with E-state index < -0.39 is 51.9 Å². The second-order valence-electron chi connectivity index (χ2n) is 19.4. The number of carbonyl (C=O) groups excluding carboxylic acids is 4. The Balaban J connectivity index is 0.00000784. The summed E-state index contributed by atoms with van der Waals surface area (Å²) in [7, 11) is 1.57. The van der Waals surface area contributed by atoms with E-state index in [1.54, 1.807) is 63.6 Å². The molecule has 4 aromatic carbocycles. The molecular weight excluding hydrogens is 1060 g/mol. The minimum absolute atomic E-state index is 0. The van der Waals surface area contributed by atoms with Crippen LogP contribution < -0.4 is 38.1 Å². The maximum absolute atomic E-state index is 14.8. The van der Waals surface area contributed by atoms with Crippen molar-refractivity contribution in [2.45, 2.75) is 88.0 Å². The van der Waals surface area contributed by atoms with Crippen molar-refractivity contribution in [3.63, 3.8) is 0 Å². The van der Waals surface area contributed by atoms with Gasteiger partial charge in [0.1, 0.15) is 64.5 Å². The fraction of sp³-hybridized carbons (Fsp3) is 0.286. The molecule has 3 aromatic heterocycles. The quantitative estimate of drug-likeness (QED) is 0.0141. The lowest BCUT2D eigenvalue weighted by Gasteiger charge is -2.49. The number of benzene rings is 4. The molecule has 0 saturated carbocycles. The first-order valence-corrected chi connectivity index (χ1v) is 27.4. The third-order valence-corrected chi connectivity index (χ3v) is 15.7. The number of hydrogen-bond donors (Lipinski definition) is 3. The third kappa shape index (κ3) is 11.9. The lowest BCUT2D eigenvalue weighted by Crippen LogP contribution is -3.00. The van der Waals surface area contributed by atoms with E-state index in [1.165, 1.54) is 53.6 Å². The number of nitrogens with one attached hydrogen (secondary N) is 2. The molecule has 2 aliphatic heterocycles. The van der Waals surface area contributed by atoms with Gasteiger partial charge in [-0.3, -0.25) is 14.5 Å². The smallest absolute Gasteiger partial charge is 0.355 e. The zero-order valence-corrected chi connectivity index (χ0v) is 46.6. The Hall–Kier alpha value is -7.39. The van der Waals surface area contributed by atoms with E-state index in [1.807, 2.05) is 119 Å². The number of anilines is 2. The molecule has 0 bridgehead atoms. The van der Waals surface area contributed by atoms with Crippen LogP contribution >= 0.6 is 34.9 Å². The number of fused-ring (bicyclic) bond motifs is 2. The Morgan fingerprint density at radius 3 is 2.10 bits per heavy atom. The zero-order chi connectivity index (χ0) is 53.8. The molecule has 17 nitrogen and oxygen atoms in total. The monoisotopic (exact) mass is 1120 g/mol. The van der Waals surface area contributed by atoms with E-state index in [4.69, 9.17) is 29.8 Å². The molecule has 1 saturated heterocycles. The lowest BCUT2D eigenvalue weighted by atomic mass is 9.77. The Morgan fingerprint density at radius 2 is 1.52 bits per heavy atom. The van der Waals surface area contributed by atoms with E-state index in [9.17, 15) is 19.2 Å². The number of β-lactam (4-membered cyclic amide) rings is 1.